The van der Waals surface area contributed by atoms with Gasteiger partial charge in [0.1, 0.15) is 11.0 Å². The quantitative estimate of drug-likeness (QED) is 0.535. The van der Waals surface area contributed by atoms with Crippen LogP contribution >= 0.6 is 0 Å². The van der Waals surface area contributed by atoms with Crippen LogP contribution in [0.2, 0.25) is 0 Å². The first-order valence-corrected chi connectivity index (χ1v) is 11.6. The number of hydrogen-bond acceptors (Lipinski definition) is 5. The van der Waals surface area contributed by atoms with Crippen LogP contribution in [0.4, 0.5) is 11.4 Å². The van der Waals surface area contributed by atoms with Crippen LogP contribution in [0.1, 0.15) is 21.9 Å². The van der Waals surface area contributed by atoms with Crippen molar-refractivity contribution in [1.29, 1.82) is 0 Å². The number of anilines is 2. The van der Waals surface area contributed by atoms with Crippen molar-refractivity contribution < 1.29 is 13.2 Å². The Labute approximate surface area is 185 Å². The number of ether oxygens (including phenoxy) is 1. The molecule has 0 aliphatic carbocycles. The van der Waals surface area contributed by atoms with Gasteiger partial charge in [-0.25, -0.2) is 8.42 Å². The van der Waals surface area contributed by atoms with Gasteiger partial charge in [-0.05, 0) is 42.8 Å². The van der Waals surface area contributed by atoms with Crippen molar-refractivity contribution in [2.45, 2.75) is 17.1 Å². The first-order valence-electron chi connectivity index (χ1n) is 10.1. The topological polar surface area (TPSA) is 49.9 Å². The van der Waals surface area contributed by atoms with Crippen LogP contribution in [-0.4, -0.2) is 43.7 Å². The summed E-state index contributed by atoms with van der Waals surface area (Å²) in [5, 5.41) is -0.891. The van der Waals surface area contributed by atoms with Crippen molar-refractivity contribution in [3.63, 3.8) is 0 Å². The fourth-order valence-corrected chi connectivity index (χ4v) is 5.36. The Hall–Kier alpha value is -2.99. The van der Waals surface area contributed by atoms with Gasteiger partial charge in [0.2, 0.25) is 0 Å². The van der Waals surface area contributed by atoms with Crippen molar-refractivity contribution in [1.82, 2.24) is 0 Å². The highest BCUT2D eigenvalue weighted by atomic mass is 32.2. The minimum Gasteiger partial charge on any atom is -0.496 e. The summed E-state index contributed by atoms with van der Waals surface area (Å²) in [5.74, 6) is 0.545. The number of methoxy groups -OCH3 is 1. The second-order valence-electron chi connectivity index (χ2n) is 8.04. The summed E-state index contributed by atoms with van der Waals surface area (Å²) in [4.78, 5) is 4.24. The monoisotopic (exact) mass is 438 g/mol. The van der Waals surface area contributed by atoms with Crippen LogP contribution in [0.25, 0.3) is 0 Å². The normalized spacial score (nSPS) is 12.3. The lowest BCUT2D eigenvalue weighted by molar-refractivity contribution is 0.410. The molecule has 0 radical (unpaired) electrons. The van der Waals surface area contributed by atoms with Crippen LogP contribution in [-0.2, 0) is 9.84 Å². The van der Waals surface area contributed by atoms with E-state index in [1.54, 1.807) is 19.2 Å². The van der Waals surface area contributed by atoms with E-state index in [0.717, 1.165) is 16.9 Å². The highest BCUT2D eigenvalue weighted by Crippen LogP contribution is 2.41. The first kappa shape index (κ1) is 22.7. The Kier molecular flexibility index (Phi) is 6.60. The van der Waals surface area contributed by atoms with Crippen molar-refractivity contribution in [2.75, 3.05) is 45.1 Å². The summed E-state index contributed by atoms with van der Waals surface area (Å²) in [6.07, 6.45) is 0. The molecule has 0 bridgehead atoms. The van der Waals surface area contributed by atoms with Gasteiger partial charge in [0.25, 0.3) is 0 Å². The van der Waals surface area contributed by atoms with Gasteiger partial charge in [0, 0.05) is 51.2 Å². The van der Waals surface area contributed by atoms with E-state index in [9.17, 15) is 8.42 Å². The summed E-state index contributed by atoms with van der Waals surface area (Å²) in [7, 11) is 5.64. The molecule has 0 amide bonds. The Morgan fingerprint density at radius 3 is 1.84 bits per heavy atom. The van der Waals surface area contributed by atoms with Crippen molar-refractivity contribution in [3.8, 4) is 5.75 Å². The van der Waals surface area contributed by atoms with E-state index < -0.39 is 15.1 Å². The third-order valence-corrected chi connectivity index (χ3v) is 7.46. The maximum absolute atomic E-state index is 13.9. The van der Waals surface area contributed by atoms with Crippen molar-refractivity contribution in [2.24, 2.45) is 0 Å². The largest absolute Gasteiger partial charge is 0.496 e. The van der Waals surface area contributed by atoms with E-state index in [-0.39, 0.29) is 0 Å². The second kappa shape index (κ2) is 9.02. The molecule has 3 aromatic carbocycles. The molecular weight excluding hydrogens is 408 g/mol. The average Bonchev–Trinajstić information content (AvgIpc) is 2.74. The maximum atomic E-state index is 13.9. The molecule has 0 aromatic heterocycles. The third kappa shape index (κ3) is 4.69. The van der Waals surface area contributed by atoms with E-state index in [0.29, 0.717) is 21.8 Å². The minimum absolute atomic E-state index is 0.290. The molecule has 164 valence electrons. The molecule has 0 N–H and O–H groups in total. The van der Waals surface area contributed by atoms with Crippen molar-refractivity contribution >= 4 is 21.2 Å². The molecule has 3 rings (SSSR count). The van der Waals surface area contributed by atoms with Crippen LogP contribution in [0.15, 0.2) is 71.6 Å². The predicted octanol–water partition coefficient (Wildman–Crippen LogP) is 4.70. The number of benzene rings is 3. The van der Waals surface area contributed by atoms with Gasteiger partial charge >= 0.3 is 0 Å². The number of sulfone groups is 1. The van der Waals surface area contributed by atoms with Gasteiger partial charge in [0.15, 0.2) is 9.84 Å². The molecule has 0 fully saturated rings. The lowest BCUT2D eigenvalue weighted by Crippen LogP contribution is -2.17. The third-order valence-electron chi connectivity index (χ3n) is 5.39. The molecular formula is C25H30N2O3S. The summed E-state index contributed by atoms with van der Waals surface area (Å²) in [5.41, 5.74) is 4.27. The Balaban J connectivity index is 2.23. The highest BCUT2D eigenvalue weighted by Gasteiger charge is 2.33. The molecule has 31 heavy (non-hydrogen) atoms. The molecule has 0 aliphatic rings. The summed E-state index contributed by atoms with van der Waals surface area (Å²) in [6, 6.07) is 20.3. The first-order chi connectivity index (χ1) is 14.6. The molecule has 1 unspecified atom stereocenters. The molecule has 3 aromatic rings. The average molecular weight is 439 g/mol. The lowest BCUT2D eigenvalue weighted by atomic mass is 10.0. The van der Waals surface area contributed by atoms with Gasteiger partial charge in [-0.2, -0.15) is 0 Å². The summed E-state index contributed by atoms with van der Waals surface area (Å²) in [6.45, 7) is 1.94. The Morgan fingerprint density at radius 2 is 1.32 bits per heavy atom. The van der Waals surface area contributed by atoms with E-state index in [4.69, 9.17) is 4.74 Å². The lowest BCUT2D eigenvalue weighted by Gasteiger charge is -2.23. The SMILES string of the molecule is COc1cc(N(C)C)ccc1C(c1ccc(N(C)C)cc1)S(=O)(=O)c1ccc(C)cc1. The summed E-state index contributed by atoms with van der Waals surface area (Å²) >= 11 is 0. The van der Waals surface area contributed by atoms with Crippen LogP contribution in [0, 0.1) is 6.92 Å². The van der Waals surface area contributed by atoms with E-state index in [2.05, 4.69) is 0 Å². The fourth-order valence-electron chi connectivity index (χ4n) is 3.53. The van der Waals surface area contributed by atoms with Crippen LogP contribution in [0.5, 0.6) is 5.75 Å². The van der Waals surface area contributed by atoms with Gasteiger partial charge in [-0.3, -0.25) is 0 Å². The zero-order valence-corrected chi connectivity index (χ0v) is 19.8. The van der Waals surface area contributed by atoms with E-state index in [1.165, 1.54) is 0 Å². The molecule has 1 atom stereocenters. The minimum atomic E-state index is -3.73. The molecule has 0 saturated heterocycles. The van der Waals surface area contributed by atoms with Gasteiger partial charge in [-0.1, -0.05) is 35.9 Å². The molecule has 0 spiro atoms. The Bertz CT molecular complexity index is 1140. The molecule has 0 saturated carbocycles. The summed E-state index contributed by atoms with van der Waals surface area (Å²) < 4.78 is 33.4. The maximum Gasteiger partial charge on any atom is 0.189 e. The van der Waals surface area contributed by atoms with Gasteiger partial charge in [-0.15, -0.1) is 0 Å². The zero-order chi connectivity index (χ0) is 22.8. The Morgan fingerprint density at radius 1 is 0.774 bits per heavy atom. The molecule has 6 heteroatoms. The second-order valence-corrected chi connectivity index (χ2v) is 10.1. The number of rotatable bonds is 7. The predicted molar refractivity (Wildman–Crippen MR) is 128 cm³/mol. The number of nitrogens with zero attached hydrogens (tertiary/aromatic N) is 2. The fraction of sp³-hybridized carbons (Fsp3) is 0.280. The molecule has 0 heterocycles. The van der Waals surface area contributed by atoms with E-state index >= 15 is 0 Å². The van der Waals surface area contributed by atoms with Crippen LogP contribution in [0.3, 0.4) is 0 Å². The zero-order valence-electron chi connectivity index (χ0n) is 19.0. The highest BCUT2D eigenvalue weighted by molar-refractivity contribution is 7.92. The van der Waals surface area contributed by atoms with E-state index in [1.807, 2.05) is 99.5 Å². The van der Waals surface area contributed by atoms with Gasteiger partial charge < -0.3 is 14.5 Å². The standard InChI is InChI=1S/C25H30N2O3S/c1-18-7-14-22(15-8-18)31(28,29)25(19-9-11-20(12-10-19)26(2)3)23-16-13-21(27(4)5)17-24(23)30-6/h7-17,25H,1-6H3. The van der Waals surface area contributed by atoms with Crippen molar-refractivity contribution in [3.05, 3.63) is 83.4 Å². The number of aryl methyl sites for hydroxylation is 1. The van der Waals surface area contributed by atoms with Crippen LogP contribution < -0.4 is 14.5 Å². The van der Waals surface area contributed by atoms with Gasteiger partial charge in [0.05, 0.1) is 12.0 Å². The molecule has 5 nitrogen and oxygen atoms in total. The number of hydrogen-bond donors (Lipinski definition) is 0. The smallest absolute Gasteiger partial charge is 0.189 e. The molecule has 0 aliphatic heterocycles.